The second-order valence-electron chi connectivity index (χ2n) is 9.17. The number of rotatable bonds is 7. The summed E-state index contributed by atoms with van der Waals surface area (Å²) in [5.41, 5.74) is 2.00. The van der Waals surface area contributed by atoms with Crippen LogP contribution in [0.1, 0.15) is 48.4 Å². The Kier molecular flexibility index (Phi) is 7.91. The highest BCUT2D eigenvalue weighted by atomic mass is 16.5. The Morgan fingerprint density at radius 2 is 1.57 bits per heavy atom. The Balaban J connectivity index is 1.85. The minimum absolute atomic E-state index is 0.184. The van der Waals surface area contributed by atoms with Gasteiger partial charge in [0, 0.05) is 16.7 Å². The first-order valence-corrected chi connectivity index (χ1v) is 11.2. The molecule has 0 spiro atoms. The Morgan fingerprint density at radius 3 is 2.23 bits per heavy atom. The van der Waals surface area contributed by atoms with Crippen LogP contribution < -0.4 is 15.4 Å². The molecule has 3 aromatic carbocycles. The summed E-state index contributed by atoms with van der Waals surface area (Å²) in [5.74, 6) is -0.913. The SMILES string of the molecule is COc1ccc(C)cc1NC(=O)C(OC(=O)c1cccc(NC(=O)C(C)(C)C)c1)c1ccccc1. The predicted molar refractivity (Wildman–Crippen MR) is 135 cm³/mol. The molecule has 0 radical (unpaired) electrons. The Bertz CT molecular complexity index is 1220. The Labute approximate surface area is 205 Å². The quantitative estimate of drug-likeness (QED) is 0.440. The summed E-state index contributed by atoms with van der Waals surface area (Å²) in [4.78, 5) is 38.7. The number of aryl methyl sites for hydroxylation is 1. The highest BCUT2D eigenvalue weighted by molar-refractivity contribution is 6.00. The lowest BCUT2D eigenvalue weighted by Crippen LogP contribution is -2.28. The molecular weight excluding hydrogens is 444 g/mol. The average Bonchev–Trinajstić information content (AvgIpc) is 2.82. The first kappa shape index (κ1) is 25.5. The number of carbonyl (C=O) groups is 3. The van der Waals surface area contributed by atoms with Gasteiger partial charge in [0.25, 0.3) is 5.91 Å². The van der Waals surface area contributed by atoms with E-state index < -0.39 is 23.4 Å². The number of carbonyl (C=O) groups excluding carboxylic acids is 3. The van der Waals surface area contributed by atoms with Gasteiger partial charge in [-0.2, -0.15) is 0 Å². The number of hydrogen-bond donors (Lipinski definition) is 2. The number of nitrogens with one attached hydrogen (secondary N) is 2. The highest BCUT2D eigenvalue weighted by Gasteiger charge is 2.27. The van der Waals surface area contributed by atoms with Gasteiger partial charge in [0.1, 0.15) is 5.75 Å². The molecule has 2 amide bonds. The Morgan fingerprint density at radius 1 is 0.857 bits per heavy atom. The van der Waals surface area contributed by atoms with E-state index in [0.717, 1.165) is 5.56 Å². The van der Waals surface area contributed by atoms with Gasteiger partial charge in [0.05, 0.1) is 18.4 Å². The molecule has 1 atom stereocenters. The van der Waals surface area contributed by atoms with Crippen LogP contribution in [-0.2, 0) is 14.3 Å². The van der Waals surface area contributed by atoms with E-state index in [1.807, 2.05) is 19.1 Å². The minimum Gasteiger partial charge on any atom is -0.495 e. The second-order valence-corrected chi connectivity index (χ2v) is 9.17. The lowest BCUT2D eigenvalue weighted by Gasteiger charge is -2.20. The lowest BCUT2D eigenvalue weighted by atomic mass is 9.95. The number of ether oxygens (including phenoxy) is 2. The molecule has 0 saturated heterocycles. The number of esters is 1. The molecule has 0 aromatic heterocycles. The maximum absolute atomic E-state index is 13.3. The van der Waals surface area contributed by atoms with Crippen molar-refractivity contribution in [2.45, 2.75) is 33.8 Å². The van der Waals surface area contributed by atoms with E-state index in [2.05, 4.69) is 10.6 Å². The molecule has 35 heavy (non-hydrogen) atoms. The van der Waals surface area contributed by atoms with Crippen molar-refractivity contribution in [3.63, 3.8) is 0 Å². The van der Waals surface area contributed by atoms with Crippen LogP contribution in [0.4, 0.5) is 11.4 Å². The van der Waals surface area contributed by atoms with Gasteiger partial charge < -0.3 is 20.1 Å². The molecule has 0 bridgehead atoms. The molecule has 0 aliphatic rings. The smallest absolute Gasteiger partial charge is 0.339 e. The van der Waals surface area contributed by atoms with Crippen LogP contribution in [0.2, 0.25) is 0 Å². The van der Waals surface area contributed by atoms with Crippen molar-refractivity contribution in [2.24, 2.45) is 5.41 Å². The summed E-state index contributed by atoms with van der Waals surface area (Å²) in [6.07, 6.45) is -1.21. The van der Waals surface area contributed by atoms with Gasteiger partial charge in [-0.3, -0.25) is 9.59 Å². The molecular formula is C28H30N2O5. The summed E-state index contributed by atoms with van der Waals surface area (Å²) in [7, 11) is 1.51. The van der Waals surface area contributed by atoms with Crippen molar-refractivity contribution in [1.82, 2.24) is 0 Å². The first-order chi connectivity index (χ1) is 16.6. The van der Waals surface area contributed by atoms with Gasteiger partial charge in [-0.25, -0.2) is 4.79 Å². The maximum Gasteiger partial charge on any atom is 0.339 e. The van der Waals surface area contributed by atoms with Crippen LogP contribution in [0.5, 0.6) is 5.75 Å². The van der Waals surface area contributed by atoms with E-state index in [9.17, 15) is 14.4 Å². The highest BCUT2D eigenvalue weighted by Crippen LogP contribution is 2.28. The van der Waals surface area contributed by atoms with Gasteiger partial charge in [-0.1, -0.05) is 63.2 Å². The van der Waals surface area contributed by atoms with Crippen molar-refractivity contribution in [3.8, 4) is 5.75 Å². The fraction of sp³-hybridized carbons (Fsp3) is 0.250. The standard InChI is InChI=1S/C28H30N2O5/c1-18-14-15-23(34-5)22(16-18)30-25(31)24(19-10-7-6-8-11-19)35-26(32)20-12-9-13-21(17-20)29-27(33)28(2,3)4/h6-17,24H,1-5H3,(H,29,33)(H,30,31). The number of benzene rings is 3. The molecule has 0 aliphatic carbocycles. The summed E-state index contributed by atoms with van der Waals surface area (Å²) in [6, 6.07) is 20.6. The fourth-order valence-corrected chi connectivity index (χ4v) is 3.24. The van der Waals surface area contributed by atoms with Crippen molar-refractivity contribution in [2.75, 3.05) is 17.7 Å². The van der Waals surface area contributed by atoms with Crippen LogP contribution in [-0.4, -0.2) is 24.9 Å². The molecule has 1 unspecified atom stereocenters. The molecule has 7 nitrogen and oxygen atoms in total. The van der Waals surface area contributed by atoms with Crippen molar-refractivity contribution in [3.05, 3.63) is 89.5 Å². The van der Waals surface area contributed by atoms with E-state index in [1.54, 1.807) is 75.4 Å². The van der Waals surface area contributed by atoms with Crippen LogP contribution in [0.15, 0.2) is 72.8 Å². The molecule has 182 valence electrons. The molecule has 2 N–H and O–H groups in total. The van der Waals surface area contributed by atoms with Gasteiger partial charge in [0.2, 0.25) is 12.0 Å². The molecule has 0 fully saturated rings. The van der Waals surface area contributed by atoms with Gasteiger partial charge in [-0.15, -0.1) is 0 Å². The third kappa shape index (κ3) is 6.69. The fourth-order valence-electron chi connectivity index (χ4n) is 3.24. The maximum atomic E-state index is 13.3. The molecule has 0 aliphatic heterocycles. The molecule has 3 rings (SSSR count). The number of hydrogen-bond acceptors (Lipinski definition) is 5. The van der Waals surface area contributed by atoms with E-state index >= 15 is 0 Å². The van der Waals surface area contributed by atoms with E-state index in [0.29, 0.717) is 22.7 Å². The summed E-state index contributed by atoms with van der Waals surface area (Å²) >= 11 is 0. The van der Waals surface area contributed by atoms with Gasteiger partial charge >= 0.3 is 5.97 Å². The molecule has 0 heterocycles. The average molecular weight is 475 g/mol. The largest absolute Gasteiger partial charge is 0.495 e. The van der Waals surface area contributed by atoms with Crippen molar-refractivity contribution in [1.29, 1.82) is 0 Å². The van der Waals surface area contributed by atoms with Gasteiger partial charge in [-0.05, 0) is 42.8 Å². The van der Waals surface area contributed by atoms with E-state index in [-0.39, 0.29) is 11.5 Å². The zero-order valence-corrected chi connectivity index (χ0v) is 20.5. The number of methoxy groups -OCH3 is 1. The van der Waals surface area contributed by atoms with Crippen LogP contribution in [0.3, 0.4) is 0 Å². The third-order valence-corrected chi connectivity index (χ3v) is 5.22. The zero-order valence-electron chi connectivity index (χ0n) is 20.5. The van der Waals surface area contributed by atoms with Crippen LogP contribution in [0, 0.1) is 12.3 Å². The van der Waals surface area contributed by atoms with Crippen LogP contribution >= 0.6 is 0 Å². The monoisotopic (exact) mass is 474 g/mol. The summed E-state index contributed by atoms with van der Waals surface area (Å²) < 4.78 is 11.0. The third-order valence-electron chi connectivity index (χ3n) is 5.22. The van der Waals surface area contributed by atoms with Crippen LogP contribution in [0.25, 0.3) is 0 Å². The molecule has 3 aromatic rings. The summed E-state index contributed by atoms with van der Waals surface area (Å²) in [6.45, 7) is 7.29. The van der Waals surface area contributed by atoms with E-state index in [4.69, 9.17) is 9.47 Å². The van der Waals surface area contributed by atoms with E-state index in [1.165, 1.54) is 13.2 Å². The van der Waals surface area contributed by atoms with Crippen molar-refractivity contribution >= 4 is 29.2 Å². The number of amides is 2. The number of anilines is 2. The lowest BCUT2D eigenvalue weighted by molar-refractivity contribution is -0.125. The predicted octanol–water partition coefficient (Wildman–Crippen LogP) is 5.53. The normalized spacial score (nSPS) is 11.8. The minimum atomic E-state index is -1.21. The topological polar surface area (TPSA) is 93.7 Å². The summed E-state index contributed by atoms with van der Waals surface area (Å²) in [5, 5.41) is 5.61. The first-order valence-electron chi connectivity index (χ1n) is 11.2. The Hall–Kier alpha value is -4.13. The second kappa shape index (κ2) is 10.9. The molecule has 7 heteroatoms. The molecule has 0 saturated carbocycles. The zero-order chi connectivity index (χ0) is 25.6. The van der Waals surface area contributed by atoms with Crippen molar-refractivity contribution < 1.29 is 23.9 Å². The van der Waals surface area contributed by atoms with Gasteiger partial charge in [0.15, 0.2) is 0 Å².